The summed E-state index contributed by atoms with van der Waals surface area (Å²) in [6, 6.07) is 10.2. The molecule has 1 aliphatic heterocycles. The highest BCUT2D eigenvalue weighted by Gasteiger charge is 2.48. The van der Waals surface area contributed by atoms with Gasteiger partial charge in [0.2, 0.25) is 0 Å². The van der Waals surface area contributed by atoms with Crippen molar-refractivity contribution in [1.82, 2.24) is 4.90 Å². The molecule has 2 nitrogen and oxygen atoms in total. The minimum atomic E-state index is -0.628. The van der Waals surface area contributed by atoms with Gasteiger partial charge in [-0.1, -0.05) is 37.3 Å². The number of hydrogen-bond acceptors (Lipinski definition) is 2. The van der Waals surface area contributed by atoms with E-state index in [0.29, 0.717) is 0 Å². The summed E-state index contributed by atoms with van der Waals surface area (Å²) in [7, 11) is 0. The Kier molecular flexibility index (Phi) is 2.33. The molecule has 2 atom stereocenters. The maximum absolute atomic E-state index is 10.4. The minimum absolute atomic E-state index is 0.231. The zero-order chi connectivity index (χ0) is 10.2. The zero-order valence-electron chi connectivity index (χ0n) is 8.77. The maximum Gasteiger partial charge on any atom is 0.117 e. The van der Waals surface area contributed by atoms with Crippen molar-refractivity contribution in [2.45, 2.75) is 25.5 Å². The molecule has 1 fully saturated rings. The lowest BCUT2D eigenvalue weighted by Crippen LogP contribution is -2.65. The Morgan fingerprint density at radius 1 is 1.43 bits per heavy atom. The minimum Gasteiger partial charge on any atom is -0.382 e. The van der Waals surface area contributed by atoms with Gasteiger partial charge >= 0.3 is 0 Å². The highest BCUT2D eigenvalue weighted by atomic mass is 16.3. The van der Waals surface area contributed by atoms with E-state index >= 15 is 0 Å². The Balaban J connectivity index is 2.21. The molecular weight excluding hydrogens is 174 g/mol. The first kappa shape index (κ1) is 9.69. The molecule has 0 unspecified atom stereocenters. The normalized spacial score (nSPS) is 32.6. The molecule has 2 heteroatoms. The quantitative estimate of drug-likeness (QED) is 0.767. The number of benzene rings is 1. The van der Waals surface area contributed by atoms with Gasteiger partial charge in [0.15, 0.2) is 0 Å². The lowest BCUT2D eigenvalue weighted by Gasteiger charge is -2.53. The van der Waals surface area contributed by atoms with Crippen molar-refractivity contribution in [3.05, 3.63) is 35.9 Å². The van der Waals surface area contributed by atoms with Gasteiger partial charge in [-0.05, 0) is 19.0 Å². The van der Waals surface area contributed by atoms with Gasteiger partial charge in [0.05, 0.1) is 0 Å². The third-order valence-corrected chi connectivity index (χ3v) is 3.36. The molecule has 0 aliphatic carbocycles. The summed E-state index contributed by atoms with van der Waals surface area (Å²) < 4.78 is 0. The van der Waals surface area contributed by atoms with E-state index in [-0.39, 0.29) is 6.04 Å². The Labute approximate surface area is 85.2 Å². The SMILES string of the molecule is CCN1C[C@](O)(c2ccccc2)[C@H]1C. The second-order valence-corrected chi connectivity index (χ2v) is 4.03. The van der Waals surface area contributed by atoms with Crippen LogP contribution in [0.25, 0.3) is 0 Å². The summed E-state index contributed by atoms with van der Waals surface area (Å²) in [4.78, 5) is 2.27. The van der Waals surface area contributed by atoms with E-state index in [9.17, 15) is 5.11 Å². The predicted octanol–water partition coefficient (Wildman–Crippen LogP) is 1.60. The molecular formula is C12H17NO. The van der Waals surface area contributed by atoms with E-state index in [4.69, 9.17) is 0 Å². The molecule has 0 bridgehead atoms. The van der Waals surface area contributed by atoms with Crippen LogP contribution in [-0.4, -0.2) is 29.1 Å². The van der Waals surface area contributed by atoms with Crippen LogP contribution >= 0.6 is 0 Å². The van der Waals surface area contributed by atoms with E-state index in [1.807, 2.05) is 30.3 Å². The third kappa shape index (κ3) is 1.26. The van der Waals surface area contributed by atoms with Gasteiger partial charge < -0.3 is 5.11 Å². The Morgan fingerprint density at radius 2 is 2.07 bits per heavy atom. The van der Waals surface area contributed by atoms with Crippen molar-refractivity contribution in [3.8, 4) is 0 Å². The standard InChI is InChI=1S/C12H17NO/c1-3-13-9-12(14,10(13)2)11-7-5-4-6-8-11/h4-8,10,14H,3,9H2,1-2H3/t10-,12-/m1/s1. The number of rotatable bonds is 2. The van der Waals surface area contributed by atoms with Crippen molar-refractivity contribution < 1.29 is 5.11 Å². The Morgan fingerprint density at radius 3 is 2.57 bits per heavy atom. The molecule has 0 saturated carbocycles. The van der Waals surface area contributed by atoms with Crippen LogP contribution in [0, 0.1) is 0 Å². The van der Waals surface area contributed by atoms with Crippen LogP contribution in [0.15, 0.2) is 30.3 Å². The Hall–Kier alpha value is -0.860. The Bertz CT molecular complexity index is 311. The first-order valence-corrected chi connectivity index (χ1v) is 5.20. The molecule has 0 amide bonds. The fraction of sp³-hybridized carbons (Fsp3) is 0.500. The largest absolute Gasteiger partial charge is 0.382 e. The topological polar surface area (TPSA) is 23.5 Å². The number of likely N-dealkylation sites (N-methyl/N-ethyl adjacent to an activating group) is 1. The van der Waals surface area contributed by atoms with Crippen LogP contribution in [0.3, 0.4) is 0 Å². The monoisotopic (exact) mass is 191 g/mol. The molecule has 1 saturated heterocycles. The lowest BCUT2D eigenvalue weighted by molar-refractivity contribution is -0.150. The van der Waals surface area contributed by atoms with Gasteiger partial charge in [0.25, 0.3) is 0 Å². The fourth-order valence-corrected chi connectivity index (χ4v) is 2.21. The smallest absolute Gasteiger partial charge is 0.117 e. The summed E-state index contributed by atoms with van der Waals surface area (Å²) >= 11 is 0. The summed E-state index contributed by atoms with van der Waals surface area (Å²) in [6.45, 7) is 5.98. The molecule has 1 aliphatic rings. The number of likely N-dealkylation sites (tertiary alicyclic amines) is 1. The average molecular weight is 191 g/mol. The van der Waals surface area contributed by atoms with Crippen LogP contribution in [0.5, 0.6) is 0 Å². The van der Waals surface area contributed by atoms with Gasteiger partial charge in [0, 0.05) is 12.6 Å². The van der Waals surface area contributed by atoms with Gasteiger partial charge in [-0.25, -0.2) is 0 Å². The second kappa shape index (κ2) is 3.37. The molecule has 0 spiro atoms. The molecule has 14 heavy (non-hydrogen) atoms. The lowest BCUT2D eigenvalue weighted by atomic mass is 9.79. The molecule has 2 rings (SSSR count). The van der Waals surface area contributed by atoms with Crippen LogP contribution in [0.4, 0.5) is 0 Å². The van der Waals surface area contributed by atoms with Crippen LogP contribution in [0.1, 0.15) is 19.4 Å². The molecule has 1 N–H and O–H groups in total. The number of hydrogen-bond donors (Lipinski definition) is 1. The average Bonchev–Trinajstić information content (AvgIpc) is 2.26. The van der Waals surface area contributed by atoms with Crippen molar-refractivity contribution in [3.63, 3.8) is 0 Å². The summed E-state index contributed by atoms with van der Waals surface area (Å²) in [5, 5.41) is 10.4. The summed E-state index contributed by atoms with van der Waals surface area (Å²) in [6.07, 6.45) is 0. The van der Waals surface area contributed by atoms with E-state index < -0.39 is 5.60 Å². The van der Waals surface area contributed by atoms with Crippen LogP contribution < -0.4 is 0 Å². The van der Waals surface area contributed by atoms with Crippen LogP contribution in [-0.2, 0) is 5.60 Å². The second-order valence-electron chi connectivity index (χ2n) is 4.03. The molecule has 76 valence electrons. The van der Waals surface area contributed by atoms with Gasteiger partial charge in [-0.3, -0.25) is 4.90 Å². The maximum atomic E-state index is 10.4. The van der Waals surface area contributed by atoms with E-state index in [0.717, 1.165) is 18.7 Å². The summed E-state index contributed by atoms with van der Waals surface area (Å²) in [5.74, 6) is 0. The van der Waals surface area contributed by atoms with Gasteiger partial charge in [0.1, 0.15) is 5.60 Å². The molecule has 0 radical (unpaired) electrons. The first-order valence-electron chi connectivity index (χ1n) is 5.20. The first-order chi connectivity index (χ1) is 6.68. The molecule has 1 aromatic rings. The van der Waals surface area contributed by atoms with E-state index in [1.165, 1.54) is 0 Å². The highest BCUT2D eigenvalue weighted by molar-refractivity contribution is 5.28. The molecule has 1 heterocycles. The predicted molar refractivity (Wildman–Crippen MR) is 57.0 cm³/mol. The van der Waals surface area contributed by atoms with Gasteiger partial charge in [-0.2, -0.15) is 0 Å². The number of aliphatic hydroxyl groups is 1. The third-order valence-electron chi connectivity index (χ3n) is 3.36. The fourth-order valence-electron chi connectivity index (χ4n) is 2.21. The van der Waals surface area contributed by atoms with Crippen LogP contribution in [0.2, 0.25) is 0 Å². The van der Waals surface area contributed by atoms with E-state index in [1.54, 1.807) is 0 Å². The van der Waals surface area contributed by atoms with Crippen molar-refractivity contribution >= 4 is 0 Å². The van der Waals surface area contributed by atoms with Crippen molar-refractivity contribution in [2.75, 3.05) is 13.1 Å². The van der Waals surface area contributed by atoms with Gasteiger partial charge in [-0.15, -0.1) is 0 Å². The molecule has 1 aromatic carbocycles. The van der Waals surface area contributed by atoms with Crippen molar-refractivity contribution in [1.29, 1.82) is 0 Å². The number of nitrogens with zero attached hydrogens (tertiary/aromatic N) is 1. The summed E-state index contributed by atoms with van der Waals surface area (Å²) in [5.41, 5.74) is 0.411. The van der Waals surface area contributed by atoms with Crippen molar-refractivity contribution in [2.24, 2.45) is 0 Å². The highest BCUT2D eigenvalue weighted by Crippen LogP contribution is 2.37. The van der Waals surface area contributed by atoms with E-state index in [2.05, 4.69) is 18.7 Å². The number of β-amino-alcohol motifs (C(OH)–C–C–N with tert-alkyl or cyclic N) is 1. The molecule has 0 aromatic heterocycles. The zero-order valence-corrected chi connectivity index (χ0v) is 8.77.